The van der Waals surface area contributed by atoms with E-state index in [2.05, 4.69) is 20.8 Å². The molecule has 3 nitrogen and oxygen atoms in total. The van der Waals surface area contributed by atoms with Gasteiger partial charge in [0.2, 0.25) is 0 Å². The number of rotatable bonds is 6. The van der Waals surface area contributed by atoms with Gasteiger partial charge in [0.05, 0.1) is 0 Å². The highest BCUT2D eigenvalue weighted by Gasteiger charge is 2.23. The lowest BCUT2D eigenvalue weighted by Crippen LogP contribution is -2.42. The minimum Gasteiger partial charge on any atom is -0.492 e. The zero-order chi connectivity index (χ0) is 14.4. The van der Waals surface area contributed by atoms with Crippen molar-refractivity contribution >= 4 is 21.7 Å². The van der Waals surface area contributed by atoms with Crippen LogP contribution in [-0.2, 0) is 4.79 Å². The van der Waals surface area contributed by atoms with Gasteiger partial charge in [-0.05, 0) is 50.6 Å². The first-order valence-electron chi connectivity index (χ1n) is 7.27. The number of benzene rings is 1. The molecule has 0 bridgehead atoms. The van der Waals surface area contributed by atoms with Crippen molar-refractivity contribution in [2.75, 3.05) is 19.7 Å². The molecule has 4 heteroatoms. The summed E-state index contributed by atoms with van der Waals surface area (Å²) in [5.74, 6) is 1.18. The number of carbonyl (C=O) groups is 1. The Bertz CT molecular complexity index is 433. The summed E-state index contributed by atoms with van der Waals surface area (Å²) in [5, 5.41) is 0. The predicted octanol–water partition coefficient (Wildman–Crippen LogP) is 3.66. The quantitative estimate of drug-likeness (QED) is 0.792. The Kier molecular flexibility index (Phi) is 6.05. The molecule has 1 aliphatic rings. The molecule has 20 heavy (non-hydrogen) atoms. The van der Waals surface area contributed by atoms with Crippen molar-refractivity contribution in [2.24, 2.45) is 0 Å². The van der Waals surface area contributed by atoms with Gasteiger partial charge in [0, 0.05) is 23.5 Å². The largest absolute Gasteiger partial charge is 0.492 e. The van der Waals surface area contributed by atoms with Crippen LogP contribution in [0.15, 0.2) is 28.7 Å². The van der Waals surface area contributed by atoms with Gasteiger partial charge in [-0.3, -0.25) is 9.69 Å². The highest BCUT2D eigenvalue weighted by molar-refractivity contribution is 9.10. The van der Waals surface area contributed by atoms with E-state index in [0.29, 0.717) is 19.1 Å². The fraction of sp³-hybridized carbons (Fsp3) is 0.562. The molecule has 1 heterocycles. The van der Waals surface area contributed by atoms with Crippen LogP contribution in [0.25, 0.3) is 0 Å². The molecule has 0 aliphatic carbocycles. The summed E-state index contributed by atoms with van der Waals surface area (Å²) in [6, 6.07) is 8.30. The number of ketones is 1. The summed E-state index contributed by atoms with van der Waals surface area (Å²) in [6.45, 7) is 4.34. The number of hydrogen-bond acceptors (Lipinski definition) is 3. The smallest absolute Gasteiger partial charge is 0.131 e. The average molecular weight is 340 g/mol. The third-order valence-corrected chi connectivity index (χ3v) is 4.26. The van der Waals surface area contributed by atoms with E-state index in [0.717, 1.165) is 29.7 Å². The van der Waals surface area contributed by atoms with Crippen LogP contribution in [0.4, 0.5) is 0 Å². The highest BCUT2D eigenvalue weighted by atomic mass is 79.9. The van der Waals surface area contributed by atoms with Crippen molar-refractivity contribution in [3.8, 4) is 5.75 Å². The molecule has 1 aliphatic heterocycles. The van der Waals surface area contributed by atoms with Crippen molar-refractivity contribution in [3.05, 3.63) is 28.7 Å². The standard InChI is InChI=1S/C16H22BrNO2/c1-13(19)12-15-4-2-3-9-18(15)10-11-20-16-7-5-14(17)6-8-16/h5-8,15H,2-4,9-12H2,1H3. The summed E-state index contributed by atoms with van der Waals surface area (Å²) >= 11 is 3.41. The zero-order valence-corrected chi connectivity index (χ0v) is 13.6. The second-order valence-corrected chi connectivity index (χ2v) is 6.31. The number of nitrogens with zero attached hydrogens (tertiary/aromatic N) is 1. The van der Waals surface area contributed by atoms with Crippen LogP contribution in [0.1, 0.15) is 32.6 Å². The fourth-order valence-electron chi connectivity index (χ4n) is 2.73. The number of hydrogen-bond donors (Lipinski definition) is 0. The molecule has 2 rings (SSSR count). The average Bonchev–Trinajstić information content (AvgIpc) is 2.42. The Balaban J connectivity index is 1.79. The van der Waals surface area contributed by atoms with E-state index in [1.807, 2.05) is 24.3 Å². The molecule has 0 saturated carbocycles. The number of Topliss-reactive ketones (excluding diaryl/α,β-unsaturated/α-hetero) is 1. The van der Waals surface area contributed by atoms with Crippen molar-refractivity contribution in [2.45, 2.75) is 38.6 Å². The van der Waals surface area contributed by atoms with E-state index >= 15 is 0 Å². The Labute approximate surface area is 129 Å². The lowest BCUT2D eigenvalue weighted by Gasteiger charge is -2.35. The molecule has 0 aromatic heterocycles. The maximum absolute atomic E-state index is 11.3. The number of likely N-dealkylation sites (tertiary alicyclic amines) is 1. The summed E-state index contributed by atoms with van der Waals surface area (Å²) < 4.78 is 6.83. The van der Waals surface area contributed by atoms with Gasteiger partial charge in [0.1, 0.15) is 18.1 Å². The fourth-order valence-corrected chi connectivity index (χ4v) is 2.99. The first-order valence-corrected chi connectivity index (χ1v) is 8.06. The normalized spacial score (nSPS) is 19.8. The number of piperidine rings is 1. The van der Waals surface area contributed by atoms with E-state index in [9.17, 15) is 4.79 Å². The highest BCUT2D eigenvalue weighted by Crippen LogP contribution is 2.20. The van der Waals surface area contributed by atoms with Crippen molar-refractivity contribution in [1.82, 2.24) is 4.90 Å². The van der Waals surface area contributed by atoms with Gasteiger partial charge in [-0.15, -0.1) is 0 Å². The van der Waals surface area contributed by atoms with E-state index in [-0.39, 0.29) is 5.78 Å². The maximum Gasteiger partial charge on any atom is 0.131 e. The number of ether oxygens (including phenoxy) is 1. The predicted molar refractivity (Wildman–Crippen MR) is 84.1 cm³/mol. The van der Waals surface area contributed by atoms with Crippen LogP contribution < -0.4 is 4.74 Å². The van der Waals surface area contributed by atoms with Crippen LogP contribution >= 0.6 is 15.9 Å². The van der Waals surface area contributed by atoms with Crippen molar-refractivity contribution in [3.63, 3.8) is 0 Å². The topological polar surface area (TPSA) is 29.5 Å². The molecule has 0 radical (unpaired) electrons. The summed E-state index contributed by atoms with van der Waals surface area (Å²) in [7, 11) is 0. The monoisotopic (exact) mass is 339 g/mol. The molecule has 0 spiro atoms. The van der Waals surface area contributed by atoms with E-state index in [4.69, 9.17) is 4.74 Å². The SMILES string of the molecule is CC(=O)CC1CCCCN1CCOc1ccc(Br)cc1. The van der Waals surface area contributed by atoms with E-state index in [1.54, 1.807) is 6.92 Å². The Morgan fingerprint density at radius 2 is 2.10 bits per heavy atom. The van der Waals surface area contributed by atoms with Gasteiger partial charge in [-0.1, -0.05) is 22.4 Å². The Morgan fingerprint density at radius 1 is 1.35 bits per heavy atom. The third kappa shape index (κ3) is 4.91. The molecule has 110 valence electrons. The summed E-state index contributed by atoms with van der Waals surface area (Å²) in [5.41, 5.74) is 0. The lowest BCUT2D eigenvalue weighted by molar-refractivity contribution is -0.118. The summed E-state index contributed by atoms with van der Waals surface area (Å²) in [6.07, 6.45) is 4.28. The molecule has 1 aromatic rings. The minimum absolute atomic E-state index is 0.288. The van der Waals surface area contributed by atoms with E-state index < -0.39 is 0 Å². The van der Waals surface area contributed by atoms with E-state index in [1.165, 1.54) is 12.8 Å². The second kappa shape index (κ2) is 7.79. The molecule has 1 aromatic carbocycles. The van der Waals surface area contributed by atoms with Gasteiger partial charge in [0.25, 0.3) is 0 Å². The molecule has 1 unspecified atom stereocenters. The molecule has 1 fully saturated rings. The van der Waals surface area contributed by atoms with Crippen molar-refractivity contribution in [1.29, 1.82) is 0 Å². The molecule has 0 amide bonds. The minimum atomic E-state index is 0.288. The van der Waals surface area contributed by atoms with Gasteiger partial charge < -0.3 is 4.74 Å². The number of halogens is 1. The zero-order valence-electron chi connectivity index (χ0n) is 12.0. The van der Waals surface area contributed by atoms with Crippen LogP contribution in [-0.4, -0.2) is 36.4 Å². The van der Waals surface area contributed by atoms with Crippen LogP contribution in [0.3, 0.4) is 0 Å². The molecule has 1 saturated heterocycles. The lowest BCUT2D eigenvalue weighted by atomic mass is 9.98. The third-order valence-electron chi connectivity index (χ3n) is 3.73. The molecular formula is C16H22BrNO2. The van der Waals surface area contributed by atoms with Crippen LogP contribution in [0.5, 0.6) is 5.75 Å². The molecule has 1 atom stereocenters. The van der Waals surface area contributed by atoms with Gasteiger partial charge in [-0.25, -0.2) is 0 Å². The van der Waals surface area contributed by atoms with Crippen LogP contribution in [0.2, 0.25) is 0 Å². The van der Waals surface area contributed by atoms with Gasteiger partial charge in [-0.2, -0.15) is 0 Å². The Hall–Kier alpha value is -0.870. The summed E-state index contributed by atoms with van der Waals surface area (Å²) in [4.78, 5) is 13.7. The second-order valence-electron chi connectivity index (χ2n) is 5.39. The van der Waals surface area contributed by atoms with Gasteiger partial charge in [0.15, 0.2) is 0 Å². The molecule has 0 N–H and O–H groups in total. The first-order chi connectivity index (χ1) is 9.65. The van der Waals surface area contributed by atoms with Crippen LogP contribution in [0, 0.1) is 0 Å². The molecular weight excluding hydrogens is 318 g/mol. The maximum atomic E-state index is 11.3. The van der Waals surface area contributed by atoms with Crippen molar-refractivity contribution < 1.29 is 9.53 Å². The first kappa shape index (κ1) is 15.5. The number of carbonyl (C=O) groups excluding carboxylic acids is 1. The Morgan fingerprint density at radius 3 is 2.80 bits per heavy atom. The van der Waals surface area contributed by atoms with Gasteiger partial charge >= 0.3 is 0 Å².